The van der Waals surface area contributed by atoms with Crippen molar-refractivity contribution in [3.8, 4) is 11.5 Å². The van der Waals surface area contributed by atoms with Crippen molar-refractivity contribution in [1.29, 1.82) is 0 Å². The second-order valence-corrected chi connectivity index (χ2v) is 5.72. The largest absolute Gasteiger partial charge is 0.497 e. The molecule has 5 heteroatoms. The van der Waals surface area contributed by atoms with E-state index in [4.69, 9.17) is 21.7 Å². The Morgan fingerprint density at radius 2 is 2.21 bits per heavy atom. The van der Waals surface area contributed by atoms with Gasteiger partial charge in [0.05, 0.1) is 13.2 Å². The summed E-state index contributed by atoms with van der Waals surface area (Å²) in [4.78, 5) is 1.99. The minimum atomic E-state index is -0.424. The predicted molar refractivity (Wildman–Crippen MR) is 77.4 cm³/mol. The molecule has 0 aromatic heterocycles. The average molecular weight is 278 g/mol. The molecule has 19 heavy (non-hydrogen) atoms. The Morgan fingerprint density at radius 3 is 2.89 bits per heavy atom. The van der Waals surface area contributed by atoms with Crippen molar-refractivity contribution in [2.24, 2.45) is 5.92 Å². The van der Waals surface area contributed by atoms with Gasteiger partial charge in [0.2, 0.25) is 0 Å². The van der Waals surface area contributed by atoms with Crippen molar-refractivity contribution in [3.05, 3.63) is 23.8 Å². The van der Waals surface area contributed by atoms with Crippen LogP contribution in [-0.2, 0) is 0 Å². The molecule has 1 saturated heterocycles. The molecule has 1 fully saturated rings. The molecule has 0 amide bonds. The van der Waals surface area contributed by atoms with Crippen LogP contribution in [0.15, 0.2) is 18.2 Å². The minimum Gasteiger partial charge on any atom is -0.497 e. The summed E-state index contributed by atoms with van der Waals surface area (Å²) in [6.07, 6.45) is 0. The van der Waals surface area contributed by atoms with Crippen LogP contribution in [0.5, 0.6) is 11.5 Å². The molecule has 102 valence electrons. The monoisotopic (exact) mass is 278 g/mol. The fourth-order valence-corrected chi connectivity index (χ4v) is 3.20. The highest BCUT2D eigenvalue weighted by molar-refractivity contribution is 7.80. The number of nitrogens with one attached hydrogen (secondary N) is 1. The van der Waals surface area contributed by atoms with E-state index in [0.717, 1.165) is 22.2 Å². The molecule has 0 radical (unpaired) electrons. The summed E-state index contributed by atoms with van der Waals surface area (Å²) in [5.74, 6) is 1.97. The zero-order chi connectivity index (χ0) is 13.8. The van der Waals surface area contributed by atoms with Gasteiger partial charge in [-0.2, -0.15) is 0 Å². The number of thiocarbonyl (C=S) groups is 1. The number of fused-ring (bicyclic) bond motifs is 4. The number of methoxy groups -OCH3 is 1. The highest BCUT2D eigenvalue weighted by Crippen LogP contribution is 2.48. The van der Waals surface area contributed by atoms with Gasteiger partial charge in [0.1, 0.15) is 11.5 Å². The van der Waals surface area contributed by atoms with Crippen molar-refractivity contribution in [2.45, 2.75) is 25.6 Å². The Bertz CT molecular complexity index is 548. The van der Waals surface area contributed by atoms with Crippen molar-refractivity contribution in [1.82, 2.24) is 10.2 Å². The van der Waals surface area contributed by atoms with Crippen molar-refractivity contribution < 1.29 is 9.47 Å². The highest BCUT2D eigenvalue weighted by Gasteiger charge is 2.51. The summed E-state index contributed by atoms with van der Waals surface area (Å²) >= 11 is 5.40. The van der Waals surface area contributed by atoms with Crippen molar-refractivity contribution in [3.63, 3.8) is 0 Å². The Kier molecular flexibility index (Phi) is 2.64. The van der Waals surface area contributed by atoms with Crippen LogP contribution in [0.2, 0.25) is 0 Å². The molecule has 1 N–H and O–H groups in total. The van der Waals surface area contributed by atoms with Gasteiger partial charge in [0.15, 0.2) is 10.8 Å². The topological polar surface area (TPSA) is 33.7 Å². The molecule has 3 rings (SSSR count). The van der Waals surface area contributed by atoms with Gasteiger partial charge in [0, 0.05) is 24.6 Å². The number of ether oxygens (including phenoxy) is 2. The van der Waals surface area contributed by atoms with Crippen molar-refractivity contribution in [2.75, 3.05) is 14.2 Å². The molecule has 3 atom stereocenters. The molecule has 3 unspecified atom stereocenters. The van der Waals surface area contributed by atoms with Gasteiger partial charge in [-0.1, -0.05) is 6.92 Å². The average Bonchev–Trinajstić information content (AvgIpc) is 2.40. The third kappa shape index (κ3) is 1.61. The summed E-state index contributed by atoms with van der Waals surface area (Å²) < 4.78 is 11.5. The summed E-state index contributed by atoms with van der Waals surface area (Å²) in [6, 6.07) is 6.13. The highest BCUT2D eigenvalue weighted by atomic mass is 32.1. The number of nitrogens with zero attached hydrogens (tertiary/aromatic N) is 1. The van der Waals surface area contributed by atoms with E-state index in [0.29, 0.717) is 5.92 Å². The third-order valence-corrected chi connectivity index (χ3v) is 4.86. The molecule has 0 spiro atoms. The molecule has 1 aromatic rings. The summed E-state index contributed by atoms with van der Waals surface area (Å²) in [5, 5.41) is 4.13. The van der Waals surface area contributed by atoms with Crippen LogP contribution < -0.4 is 14.8 Å². The Hall–Kier alpha value is -1.49. The fraction of sp³-hybridized carbons (Fsp3) is 0.500. The smallest absolute Gasteiger partial charge is 0.186 e. The van der Waals surface area contributed by atoms with Gasteiger partial charge < -0.3 is 19.7 Å². The molecule has 0 saturated carbocycles. The summed E-state index contributed by atoms with van der Waals surface area (Å²) in [7, 11) is 3.63. The van der Waals surface area contributed by atoms with Gasteiger partial charge in [-0.3, -0.25) is 0 Å². The maximum atomic E-state index is 6.25. The van der Waals surface area contributed by atoms with E-state index in [1.165, 1.54) is 0 Å². The second kappa shape index (κ2) is 4.00. The maximum absolute atomic E-state index is 6.25. The fourth-order valence-electron chi connectivity index (χ4n) is 2.89. The summed E-state index contributed by atoms with van der Waals surface area (Å²) in [6.45, 7) is 4.27. The molecule has 0 aliphatic carbocycles. The zero-order valence-corrected chi connectivity index (χ0v) is 12.4. The first-order valence-corrected chi connectivity index (χ1v) is 6.79. The molecular formula is C14H18N2O2S. The zero-order valence-electron chi connectivity index (χ0n) is 11.6. The van der Waals surface area contributed by atoms with Crippen LogP contribution >= 0.6 is 12.2 Å². The molecule has 2 bridgehead atoms. The second-order valence-electron chi connectivity index (χ2n) is 5.34. The quantitative estimate of drug-likeness (QED) is 0.797. The number of rotatable bonds is 1. The molecule has 2 aliphatic rings. The van der Waals surface area contributed by atoms with E-state index in [1.54, 1.807) is 7.11 Å². The van der Waals surface area contributed by atoms with E-state index in [1.807, 2.05) is 24.1 Å². The molecule has 2 heterocycles. The standard InChI is InChI=1S/C14H18N2O2S/c1-8-12-10-6-5-9(17-4)7-11(10)18-14(8,2)16(3)13(19)15-12/h5-8,12H,1-4H3,(H,15,19). The van der Waals surface area contributed by atoms with Gasteiger partial charge in [-0.15, -0.1) is 0 Å². The van der Waals surface area contributed by atoms with Crippen LogP contribution in [0.3, 0.4) is 0 Å². The first-order chi connectivity index (χ1) is 8.97. The normalized spacial score (nSPS) is 32.2. The Morgan fingerprint density at radius 1 is 1.47 bits per heavy atom. The molecule has 1 aromatic carbocycles. The van der Waals surface area contributed by atoms with E-state index < -0.39 is 5.72 Å². The lowest BCUT2D eigenvalue weighted by Crippen LogP contribution is -2.67. The van der Waals surface area contributed by atoms with E-state index in [2.05, 4.69) is 25.2 Å². The number of benzene rings is 1. The SMILES string of the molecule is COc1ccc2c(c1)OC1(C)C(C)C2NC(=S)N1C. The Labute approximate surface area is 118 Å². The number of hydrogen-bond acceptors (Lipinski definition) is 3. The van der Waals surface area contributed by atoms with Gasteiger partial charge in [0.25, 0.3) is 0 Å². The van der Waals surface area contributed by atoms with Crippen LogP contribution in [-0.4, -0.2) is 29.9 Å². The van der Waals surface area contributed by atoms with Gasteiger partial charge in [-0.25, -0.2) is 0 Å². The van der Waals surface area contributed by atoms with Crippen LogP contribution in [0.4, 0.5) is 0 Å². The van der Waals surface area contributed by atoms with Crippen molar-refractivity contribution >= 4 is 17.3 Å². The van der Waals surface area contributed by atoms with E-state index in [9.17, 15) is 0 Å². The predicted octanol–water partition coefficient (Wildman–Crippen LogP) is 2.30. The van der Waals surface area contributed by atoms with Gasteiger partial charge in [-0.05, 0) is 31.3 Å². The van der Waals surface area contributed by atoms with Gasteiger partial charge >= 0.3 is 0 Å². The van der Waals surface area contributed by atoms with E-state index >= 15 is 0 Å². The summed E-state index contributed by atoms with van der Waals surface area (Å²) in [5.41, 5.74) is 0.716. The third-order valence-electron chi connectivity index (χ3n) is 4.47. The van der Waals surface area contributed by atoms with Crippen LogP contribution in [0.1, 0.15) is 25.5 Å². The minimum absolute atomic E-state index is 0.184. The maximum Gasteiger partial charge on any atom is 0.186 e. The van der Waals surface area contributed by atoms with E-state index in [-0.39, 0.29) is 6.04 Å². The number of hydrogen-bond donors (Lipinski definition) is 1. The lowest BCUT2D eigenvalue weighted by Gasteiger charge is -2.55. The first-order valence-electron chi connectivity index (χ1n) is 6.38. The molecular weight excluding hydrogens is 260 g/mol. The Balaban J connectivity index is 2.13. The first kappa shape index (κ1) is 12.5. The molecule has 4 nitrogen and oxygen atoms in total. The van der Waals surface area contributed by atoms with Crippen LogP contribution in [0, 0.1) is 5.92 Å². The van der Waals surface area contributed by atoms with Crippen LogP contribution in [0.25, 0.3) is 0 Å². The molecule has 2 aliphatic heterocycles. The lowest BCUT2D eigenvalue weighted by atomic mass is 9.81. The lowest BCUT2D eigenvalue weighted by molar-refractivity contribution is -0.0998.